The second-order valence-electron chi connectivity index (χ2n) is 3.61. The number of non-ortho nitro benzene ring substituents is 1. The van der Waals surface area contributed by atoms with Crippen LogP contribution in [-0.4, -0.2) is 36.6 Å². The van der Waals surface area contributed by atoms with Gasteiger partial charge in [-0.2, -0.15) is 0 Å². The number of nitro benzene ring substituents is 1. The summed E-state index contributed by atoms with van der Waals surface area (Å²) < 4.78 is 28.7. The molecule has 1 aromatic carbocycles. The molecule has 7 nitrogen and oxygen atoms in total. The Morgan fingerprint density at radius 1 is 1.41 bits per heavy atom. The highest BCUT2D eigenvalue weighted by Gasteiger charge is 2.57. The fraction of sp³-hybridized carbons (Fsp3) is 0.333. The van der Waals surface area contributed by atoms with Crippen molar-refractivity contribution in [3.05, 3.63) is 34.4 Å². The lowest BCUT2D eigenvalue weighted by atomic mass is 10.3. The Bertz CT molecular complexity index is 545. The second-order valence-corrected chi connectivity index (χ2v) is 5.83. The van der Waals surface area contributed by atoms with Gasteiger partial charge in [-0.3, -0.25) is 10.1 Å². The number of aliphatic hydroxyl groups excluding tert-OH is 1. The van der Waals surface area contributed by atoms with E-state index >= 15 is 0 Å². The fourth-order valence-electron chi connectivity index (χ4n) is 1.37. The highest BCUT2D eigenvalue weighted by atomic mass is 32.2. The molecular weight excluding hydrogens is 250 g/mol. The Morgan fingerprint density at radius 2 is 1.94 bits per heavy atom. The third-order valence-corrected chi connectivity index (χ3v) is 4.79. The van der Waals surface area contributed by atoms with Crippen molar-refractivity contribution in [1.82, 2.24) is 0 Å². The first-order chi connectivity index (χ1) is 7.93. The van der Waals surface area contributed by atoms with Crippen LogP contribution in [0.3, 0.4) is 0 Å². The van der Waals surface area contributed by atoms with Crippen LogP contribution in [0.5, 0.6) is 0 Å². The van der Waals surface area contributed by atoms with Gasteiger partial charge in [0.2, 0.25) is 14.8 Å². The van der Waals surface area contributed by atoms with E-state index in [4.69, 9.17) is 9.84 Å². The summed E-state index contributed by atoms with van der Waals surface area (Å²) in [5.74, 6) is 0. The monoisotopic (exact) mass is 259 g/mol. The van der Waals surface area contributed by atoms with Crippen molar-refractivity contribution in [2.75, 3.05) is 13.2 Å². The van der Waals surface area contributed by atoms with Crippen LogP contribution < -0.4 is 0 Å². The molecule has 0 aliphatic carbocycles. The highest BCUT2D eigenvalue weighted by Crippen LogP contribution is 2.37. The molecule has 1 aromatic rings. The average molecular weight is 259 g/mol. The van der Waals surface area contributed by atoms with Crippen LogP contribution in [0, 0.1) is 10.1 Å². The Balaban J connectivity index is 2.38. The summed E-state index contributed by atoms with van der Waals surface area (Å²) in [6, 6.07) is 4.46. The van der Waals surface area contributed by atoms with Crippen molar-refractivity contribution in [3.63, 3.8) is 0 Å². The number of rotatable bonds is 4. The summed E-state index contributed by atoms with van der Waals surface area (Å²) in [5.41, 5.74) is -0.196. The zero-order chi connectivity index (χ0) is 12.7. The molecule has 1 N–H and O–H groups in total. The van der Waals surface area contributed by atoms with Gasteiger partial charge in [-0.15, -0.1) is 0 Å². The van der Waals surface area contributed by atoms with Crippen LogP contribution in [0.1, 0.15) is 0 Å². The molecule has 1 atom stereocenters. The van der Waals surface area contributed by atoms with Crippen LogP contribution in [0.2, 0.25) is 0 Å². The van der Waals surface area contributed by atoms with Gasteiger partial charge in [-0.25, -0.2) is 8.42 Å². The van der Waals surface area contributed by atoms with Crippen molar-refractivity contribution in [1.29, 1.82) is 0 Å². The minimum Gasteiger partial charge on any atom is -0.392 e. The van der Waals surface area contributed by atoms with Gasteiger partial charge >= 0.3 is 0 Å². The number of ether oxygens (including phenoxy) is 1. The lowest BCUT2D eigenvalue weighted by molar-refractivity contribution is -0.384. The quantitative estimate of drug-likeness (QED) is 0.466. The minimum absolute atomic E-state index is 0.0666. The van der Waals surface area contributed by atoms with Crippen molar-refractivity contribution in [2.45, 2.75) is 9.83 Å². The van der Waals surface area contributed by atoms with E-state index in [-0.39, 0.29) is 17.2 Å². The molecule has 0 radical (unpaired) electrons. The molecule has 0 unspecified atom stereocenters. The van der Waals surface area contributed by atoms with Gasteiger partial charge in [0.25, 0.3) is 5.69 Å². The number of benzene rings is 1. The van der Waals surface area contributed by atoms with E-state index < -0.39 is 26.3 Å². The van der Waals surface area contributed by atoms with E-state index in [9.17, 15) is 18.5 Å². The minimum atomic E-state index is -3.81. The van der Waals surface area contributed by atoms with Gasteiger partial charge in [0.15, 0.2) is 0 Å². The number of sulfone groups is 1. The average Bonchev–Trinajstić information content (AvgIpc) is 3.10. The SMILES string of the molecule is O=[N+]([O-])c1ccc(S(=O)(=O)[C@]2(CO)CO2)cc1. The maximum atomic E-state index is 12.0. The van der Waals surface area contributed by atoms with E-state index in [0.29, 0.717) is 0 Å². The molecule has 1 aliphatic heterocycles. The standard InChI is InChI=1S/C9H9NO6S/c11-5-9(6-16-9)17(14,15)8-3-1-7(2-4-8)10(12)13/h1-4,11H,5-6H2/t9-/m1/s1. The molecule has 0 spiro atoms. The summed E-state index contributed by atoms with van der Waals surface area (Å²) in [6.45, 7) is -0.699. The van der Waals surface area contributed by atoms with Crippen molar-refractivity contribution in [3.8, 4) is 0 Å². The molecule has 0 amide bonds. The number of aliphatic hydroxyl groups is 1. The molecule has 1 aliphatic rings. The van der Waals surface area contributed by atoms with Gasteiger partial charge in [0, 0.05) is 12.1 Å². The fourth-order valence-corrected chi connectivity index (χ4v) is 2.84. The normalized spacial score (nSPS) is 23.4. The van der Waals surface area contributed by atoms with E-state index in [1.54, 1.807) is 0 Å². The number of nitrogens with zero attached hydrogens (tertiary/aromatic N) is 1. The van der Waals surface area contributed by atoms with Crippen LogP contribution in [-0.2, 0) is 14.6 Å². The molecule has 92 valence electrons. The summed E-state index contributed by atoms with van der Waals surface area (Å²) >= 11 is 0. The molecule has 0 saturated carbocycles. The zero-order valence-electron chi connectivity index (χ0n) is 8.57. The summed E-state index contributed by atoms with van der Waals surface area (Å²) in [5, 5.41) is 19.4. The topological polar surface area (TPSA) is 110 Å². The molecule has 8 heteroatoms. The lowest BCUT2D eigenvalue weighted by Crippen LogP contribution is -2.29. The number of epoxide rings is 1. The van der Waals surface area contributed by atoms with E-state index in [1.807, 2.05) is 0 Å². The molecule has 1 fully saturated rings. The Kier molecular flexibility index (Phi) is 2.64. The predicted octanol–water partition coefficient (Wildman–Crippen LogP) is 0.0873. The molecule has 17 heavy (non-hydrogen) atoms. The van der Waals surface area contributed by atoms with E-state index in [1.165, 1.54) is 0 Å². The first-order valence-electron chi connectivity index (χ1n) is 4.67. The predicted molar refractivity (Wildman–Crippen MR) is 56.1 cm³/mol. The molecule has 1 saturated heterocycles. The first-order valence-corrected chi connectivity index (χ1v) is 6.15. The van der Waals surface area contributed by atoms with E-state index in [0.717, 1.165) is 24.3 Å². The zero-order valence-corrected chi connectivity index (χ0v) is 9.38. The third kappa shape index (κ3) is 1.79. The summed E-state index contributed by atoms with van der Waals surface area (Å²) in [6.07, 6.45) is 0. The Morgan fingerprint density at radius 3 is 2.29 bits per heavy atom. The first kappa shape index (κ1) is 12.0. The lowest BCUT2D eigenvalue weighted by Gasteiger charge is -2.09. The Labute approximate surface area is 96.7 Å². The van der Waals surface area contributed by atoms with Gasteiger partial charge in [-0.05, 0) is 12.1 Å². The maximum absolute atomic E-state index is 12.0. The molecule has 0 aromatic heterocycles. The van der Waals surface area contributed by atoms with E-state index in [2.05, 4.69) is 0 Å². The van der Waals surface area contributed by atoms with Crippen LogP contribution in [0.15, 0.2) is 29.2 Å². The van der Waals surface area contributed by atoms with Crippen LogP contribution in [0.4, 0.5) is 5.69 Å². The van der Waals surface area contributed by atoms with Gasteiger partial charge in [0.1, 0.15) is 0 Å². The number of nitro groups is 1. The second kappa shape index (κ2) is 3.76. The molecular formula is C9H9NO6S. The molecule has 2 rings (SSSR count). The highest BCUT2D eigenvalue weighted by molar-refractivity contribution is 7.93. The van der Waals surface area contributed by atoms with Crippen LogP contribution in [0.25, 0.3) is 0 Å². The molecule has 1 heterocycles. The van der Waals surface area contributed by atoms with Gasteiger partial charge < -0.3 is 9.84 Å². The molecule has 0 bridgehead atoms. The smallest absolute Gasteiger partial charge is 0.269 e. The number of hydrogen-bond acceptors (Lipinski definition) is 6. The summed E-state index contributed by atoms with van der Waals surface area (Å²) in [7, 11) is -3.81. The Hall–Kier alpha value is -1.51. The largest absolute Gasteiger partial charge is 0.392 e. The number of hydrogen-bond donors (Lipinski definition) is 1. The van der Waals surface area contributed by atoms with Gasteiger partial charge in [-0.1, -0.05) is 0 Å². The summed E-state index contributed by atoms with van der Waals surface area (Å²) in [4.78, 5) is 8.13. The maximum Gasteiger partial charge on any atom is 0.269 e. The third-order valence-electron chi connectivity index (χ3n) is 2.55. The van der Waals surface area contributed by atoms with Crippen molar-refractivity contribution >= 4 is 15.5 Å². The van der Waals surface area contributed by atoms with Gasteiger partial charge in [0.05, 0.1) is 23.0 Å². The van der Waals surface area contributed by atoms with Crippen molar-refractivity contribution in [2.24, 2.45) is 0 Å². The van der Waals surface area contributed by atoms with Crippen LogP contribution >= 0.6 is 0 Å². The van der Waals surface area contributed by atoms with Crippen molar-refractivity contribution < 1.29 is 23.2 Å².